The van der Waals surface area contributed by atoms with Crippen molar-refractivity contribution in [3.63, 3.8) is 0 Å². The molecule has 0 radical (unpaired) electrons. The highest BCUT2D eigenvalue weighted by atomic mass is 15.3. The first kappa shape index (κ1) is 15.8. The topological polar surface area (TPSA) is 67.7 Å². The summed E-state index contributed by atoms with van der Waals surface area (Å²) in [7, 11) is 0. The molecule has 25 heavy (non-hydrogen) atoms. The van der Waals surface area contributed by atoms with Crippen LogP contribution in [0.5, 0.6) is 0 Å². The number of hydrogen-bond acceptors (Lipinski definition) is 5. The van der Waals surface area contributed by atoms with Crippen molar-refractivity contribution in [1.82, 2.24) is 25.1 Å². The van der Waals surface area contributed by atoms with Crippen LogP contribution in [0.15, 0.2) is 54.9 Å². The molecule has 0 atom stereocenters. The second-order valence-corrected chi connectivity index (χ2v) is 6.30. The minimum atomic E-state index is 0.678. The number of para-hydroxylation sites is 1. The summed E-state index contributed by atoms with van der Waals surface area (Å²) in [6, 6.07) is 14.0. The first-order valence-corrected chi connectivity index (χ1v) is 8.77. The Bertz CT molecular complexity index is 808. The van der Waals surface area contributed by atoms with E-state index in [4.69, 9.17) is 0 Å². The van der Waals surface area contributed by atoms with Crippen molar-refractivity contribution in [1.29, 1.82) is 0 Å². The van der Waals surface area contributed by atoms with Gasteiger partial charge in [0.1, 0.15) is 0 Å². The second-order valence-electron chi connectivity index (χ2n) is 6.30. The smallest absolute Gasteiger partial charge is 0.223 e. The molecule has 6 heteroatoms. The van der Waals surface area contributed by atoms with Crippen molar-refractivity contribution < 1.29 is 0 Å². The van der Waals surface area contributed by atoms with Gasteiger partial charge in [0.15, 0.2) is 0 Å². The third kappa shape index (κ3) is 3.69. The van der Waals surface area contributed by atoms with Crippen LogP contribution in [0.2, 0.25) is 0 Å². The molecule has 1 saturated heterocycles. The SMILES string of the molecule is c1ccc(-n2nccc2-c2ccnc(NCC3CCNCC3)n2)cc1. The Morgan fingerprint density at radius 2 is 1.88 bits per heavy atom. The molecule has 4 rings (SSSR count). The van der Waals surface area contributed by atoms with Gasteiger partial charge in [0, 0.05) is 12.7 Å². The maximum absolute atomic E-state index is 4.69. The van der Waals surface area contributed by atoms with Crippen molar-refractivity contribution in [2.45, 2.75) is 12.8 Å². The van der Waals surface area contributed by atoms with Crippen LogP contribution in [-0.4, -0.2) is 39.4 Å². The second kappa shape index (κ2) is 7.44. The lowest BCUT2D eigenvalue weighted by Crippen LogP contribution is -2.31. The van der Waals surface area contributed by atoms with Crippen LogP contribution in [0, 0.1) is 5.92 Å². The number of nitrogens with zero attached hydrogens (tertiary/aromatic N) is 4. The minimum absolute atomic E-state index is 0.678. The number of hydrogen-bond donors (Lipinski definition) is 2. The summed E-state index contributed by atoms with van der Waals surface area (Å²) in [5, 5.41) is 11.2. The Kier molecular flexibility index (Phi) is 4.70. The van der Waals surface area contributed by atoms with E-state index in [1.807, 2.05) is 47.1 Å². The Balaban J connectivity index is 1.53. The number of piperidine rings is 1. The molecule has 0 saturated carbocycles. The average Bonchev–Trinajstić information content (AvgIpc) is 3.18. The Hall–Kier alpha value is -2.73. The van der Waals surface area contributed by atoms with Crippen LogP contribution >= 0.6 is 0 Å². The predicted molar refractivity (Wildman–Crippen MR) is 98.7 cm³/mol. The summed E-state index contributed by atoms with van der Waals surface area (Å²) in [5.74, 6) is 1.36. The molecule has 6 nitrogen and oxygen atoms in total. The maximum Gasteiger partial charge on any atom is 0.223 e. The first-order chi connectivity index (χ1) is 12.4. The Morgan fingerprint density at radius 1 is 1.04 bits per heavy atom. The van der Waals surface area contributed by atoms with E-state index in [0.717, 1.165) is 36.7 Å². The van der Waals surface area contributed by atoms with Crippen LogP contribution in [-0.2, 0) is 0 Å². The first-order valence-electron chi connectivity index (χ1n) is 8.77. The van der Waals surface area contributed by atoms with Crippen LogP contribution in [0.1, 0.15) is 12.8 Å². The molecule has 1 fully saturated rings. The van der Waals surface area contributed by atoms with Crippen molar-refractivity contribution in [3.8, 4) is 17.1 Å². The fourth-order valence-electron chi connectivity index (χ4n) is 3.18. The minimum Gasteiger partial charge on any atom is -0.354 e. The standard InChI is InChI=1S/C19H22N6/c1-2-4-16(5-3-1)25-18(9-13-23-25)17-8-12-21-19(24-17)22-14-15-6-10-20-11-7-15/h1-5,8-9,12-13,15,20H,6-7,10-11,14H2,(H,21,22,24). The molecule has 1 aliphatic rings. The fourth-order valence-corrected chi connectivity index (χ4v) is 3.18. The Labute approximate surface area is 147 Å². The van der Waals surface area contributed by atoms with Crippen LogP contribution in [0.25, 0.3) is 17.1 Å². The zero-order valence-corrected chi connectivity index (χ0v) is 14.1. The van der Waals surface area contributed by atoms with Gasteiger partial charge < -0.3 is 10.6 Å². The van der Waals surface area contributed by atoms with Crippen molar-refractivity contribution in [2.75, 3.05) is 25.0 Å². The van der Waals surface area contributed by atoms with Crippen molar-refractivity contribution >= 4 is 5.95 Å². The molecule has 0 unspecified atom stereocenters. The third-order valence-corrected chi connectivity index (χ3v) is 4.57. The molecular formula is C19H22N6. The van der Waals surface area contributed by atoms with Crippen LogP contribution in [0.3, 0.4) is 0 Å². The van der Waals surface area contributed by atoms with Gasteiger partial charge in [0.25, 0.3) is 0 Å². The Morgan fingerprint density at radius 3 is 2.72 bits per heavy atom. The van der Waals surface area contributed by atoms with E-state index in [-0.39, 0.29) is 0 Å². The lowest BCUT2D eigenvalue weighted by atomic mass is 9.98. The number of aromatic nitrogens is 4. The monoisotopic (exact) mass is 334 g/mol. The molecule has 1 aromatic carbocycles. The quantitative estimate of drug-likeness (QED) is 0.751. The molecule has 2 aromatic heterocycles. The average molecular weight is 334 g/mol. The molecule has 3 aromatic rings. The molecule has 1 aliphatic heterocycles. The summed E-state index contributed by atoms with van der Waals surface area (Å²) >= 11 is 0. The number of nitrogens with one attached hydrogen (secondary N) is 2. The molecular weight excluding hydrogens is 312 g/mol. The zero-order valence-electron chi connectivity index (χ0n) is 14.1. The van der Waals surface area contributed by atoms with Gasteiger partial charge in [-0.2, -0.15) is 5.10 Å². The van der Waals surface area contributed by atoms with E-state index in [9.17, 15) is 0 Å². The predicted octanol–water partition coefficient (Wildman–Crippen LogP) is 2.74. The number of benzene rings is 1. The maximum atomic E-state index is 4.69. The lowest BCUT2D eigenvalue weighted by Gasteiger charge is -2.22. The van der Waals surface area contributed by atoms with Crippen LogP contribution < -0.4 is 10.6 Å². The van der Waals surface area contributed by atoms with E-state index in [2.05, 4.69) is 25.7 Å². The van der Waals surface area contributed by atoms with E-state index in [1.54, 1.807) is 12.4 Å². The van der Waals surface area contributed by atoms with E-state index < -0.39 is 0 Å². The van der Waals surface area contributed by atoms with Gasteiger partial charge in [-0.15, -0.1) is 0 Å². The highest BCUT2D eigenvalue weighted by Gasteiger charge is 2.14. The van der Waals surface area contributed by atoms with Crippen LogP contribution in [0.4, 0.5) is 5.95 Å². The van der Waals surface area contributed by atoms with Gasteiger partial charge in [0.2, 0.25) is 5.95 Å². The summed E-state index contributed by atoms with van der Waals surface area (Å²) < 4.78 is 1.90. The van der Waals surface area contributed by atoms with E-state index in [0.29, 0.717) is 11.9 Å². The molecule has 0 bridgehead atoms. The number of rotatable bonds is 5. The van der Waals surface area contributed by atoms with Gasteiger partial charge in [-0.1, -0.05) is 18.2 Å². The normalized spacial score (nSPS) is 15.2. The summed E-state index contributed by atoms with van der Waals surface area (Å²) in [6.07, 6.45) is 6.00. The lowest BCUT2D eigenvalue weighted by molar-refractivity contribution is 0.389. The number of anilines is 1. The third-order valence-electron chi connectivity index (χ3n) is 4.57. The molecule has 3 heterocycles. The largest absolute Gasteiger partial charge is 0.354 e. The highest BCUT2D eigenvalue weighted by Crippen LogP contribution is 2.21. The van der Waals surface area contributed by atoms with Gasteiger partial charge in [0.05, 0.1) is 23.3 Å². The van der Waals surface area contributed by atoms with Crippen molar-refractivity contribution in [3.05, 3.63) is 54.9 Å². The van der Waals surface area contributed by atoms with Crippen molar-refractivity contribution in [2.24, 2.45) is 5.92 Å². The van der Waals surface area contributed by atoms with Gasteiger partial charge in [-0.05, 0) is 56.1 Å². The van der Waals surface area contributed by atoms with Gasteiger partial charge >= 0.3 is 0 Å². The molecule has 128 valence electrons. The molecule has 0 aliphatic carbocycles. The molecule has 2 N–H and O–H groups in total. The fraction of sp³-hybridized carbons (Fsp3) is 0.316. The zero-order chi connectivity index (χ0) is 16.9. The highest BCUT2D eigenvalue weighted by molar-refractivity contribution is 5.58. The van der Waals surface area contributed by atoms with Gasteiger partial charge in [-0.25, -0.2) is 14.6 Å². The summed E-state index contributed by atoms with van der Waals surface area (Å²) in [5.41, 5.74) is 2.84. The summed E-state index contributed by atoms with van der Waals surface area (Å²) in [6.45, 7) is 3.12. The van der Waals surface area contributed by atoms with E-state index in [1.165, 1.54) is 12.8 Å². The summed E-state index contributed by atoms with van der Waals surface area (Å²) in [4.78, 5) is 9.06. The molecule has 0 amide bonds. The van der Waals surface area contributed by atoms with Gasteiger partial charge in [-0.3, -0.25) is 0 Å². The molecule has 0 spiro atoms. The van der Waals surface area contributed by atoms with E-state index >= 15 is 0 Å².